The molecule has 6 aromatic rings. The van der Waals surface area contributed by atoms with Crippen LogP contribution in [-0.2, 0) is 17.6 Å². The second-order valence-electron chi connectivity index (χ2n) is 16.0. The molecule has 0 unspecified atom stereocenters. The molecule has 0 atom stereocenters. The number of benzene rings is 4. The smallest absolute Gasteiger partial charge is 0.224 e. The van der Waals surface area contributed by atoms with Gasteiger partial charge < -0.3 is 29.9 Å². The second kappa shape index (κ2) is 20.4. The molecule has 4 aliphatic heterocycles. The summed E-state index contributed by atoms with van der Waals surface area (Å²) in [6, 6.07) is 30.3. The molecule has 10 rings (SSSR count). The van der Waals surface area contributed by atoms with E-state index in [1.807, 2.05) is 34.8 Å². The Kier molecular flexibility index (Phi) is 14.3. The average Bonchev–Trinajstić information content (AvgIpc) is 3.98. The van der Waals surface area contributed by atoms with Gasteiger partial charge in [-0.1, -0.05) is 12.1 Å². The summed E-state index contributed by atoms with van der Waals surface area (Å²) in [5.41, 5.74) is 7.54. The zero-order valence-electron chi connectivity index (χ0n) is 34.4. The molecule has 2 aromatic heterocycles. The van der Waals surface area contributed by atoms with Gasteiger partial charge in [0.1, 0.15) is 11.5 Å². The minimum absolute atomic E-state index is 0. The monoisotopic (exact) mass is 864 g/mol. The molecule has 0 saturated carbocycles. The van der Waals surface area contributed by atoms with E-state index in [4.69, 9.17) is 9.47 Å². The van der Waals surface area contributed by atoms with Gasteiger partial charge >= 0.3 is 0 Å². The third-order valence-electron chi connectivity index (χ3n) is 12.1. The maximum atomic E-state index is 11.5. The molecule has 4 aromatic carbocycles. The number of anilines is 4. The fourth-order valence-corrected chi connectivity index (χ4v) is 10.5. The highest BCUT2D eigenvalue weighted by molar-refractivity contribution is 7.17. The topological polar surface area (TPSA) is 72.6 Å². The van der Waals surface area contributed by atoms with Crippen molar-refractivity contribution in [1.29, 1.82) is 0 Å². The van der Waals surface area contributed by atoms with Gasteiger partial charge in [-0.05, 0) is 127 Å². The summed E-state index contributed by atoms with van der Waals surface area (Å²) in [5.74, 6) is 2.02. The Morgan fingerprint density at radius 1 is 0.583 bits per heavy atom. The van der Waals surface area contributed by atoms with Gasteiger partial charge in [-0.3, -0.25) is 14.6 Å². The van der Waals surface area contributed by atoms with Crippen molar-refractivity contribution >= 4 is 83.9 Å². The van der Waals surface area contributed by atoms with Crippen molar-refractivity contribution in [2.45, 2.75) is 38.5 Å². The molecule has 12 heteroatoms. The Morgan fingerprint density at radius 2 is 1.12 bits per heavy atom. The van der Waals surface area contributed by atoms with Crippen LogP contribution in [0.25, 0.3) is 20.2 Å². The number of carbonyl (C=O) groups excluding carboxylic acids is 1. The van der Waals surface area contributed by atoms with Gasteiger partial charge in [0, 0.05) is 121 Å². The number of hydrogen-bond acceptors (Lipinski definition) is 10. The van der Waals surface area contributed by atoms with Crippen molar-refractivity contribution in [2.24, 2.45) is 0 Å². The van der Waals surface area contributed by atoms with Gasteiger partial charge in [-0.15, -0.1) is 35.1 Å². The summed E-state index contributed by atoms with van der Waals surface area (Å²) in [7, 11) is 0. The molecule has 0 bridgehead atoms. The maximum absolute atomic E-state index is 11.5. The van der Waals surface area contributed by atoms with Gasteiger partial charge in [0.15, 0.2) is 0 Å². The highest BCUT2D eigenvalue weighted by Gasteiger charge is 2.21. The van der Waals surface area contributed by atoms with Crippen molar-refractivity contribution in [3.05, 3.63) is 107 Å². The number of thiophene rings is 2. The summed E-state index contributed by atoms with van der Waals surface area (Å²) in [6.45, 7) is 13.6. The number of rotatable bonds is 12. The average molecular weight is 866 g/mol. The molecule has 4 aliphatic rings. The second-order valence-corrected chi connectivity index (χ2v) is 17.9. The molecule has 60 heavy (non-hydrogen) atoms. The number of fused-ring (bicyclic) bond motifs is 4. The van der Waals surface area contributed by atoms with E-state index in [0.717, 1.165) is 128 Å². The molecule has 316 valence electrons. The first-order chi connectivity index (χ1) is 29.1. The van der Waals surface area contributed by atoms with E-state index in [9.17, 15) is 4.79 Å². The third kappa shape index (κ3) is 10.3. The van der Waals surface area contributed by atoms with Crippen LogP contribution in [0.4, 0.5) is 22.7 Å². The van der Waals surface area contributed by atoms with Crippen LogP contribution in [0.3, 0.4) is 0 Å². The fraction of sp³-hybridized carbons (Fsp3) is 0.396. The molecule has 2 N–H and O–H groups in total. The number of hydrogen-bond donors (Lipinski definition) is 2. The van der Waals surface area contributed by atoms with Crippen LogP contribution in [-0.4, -0.2) is 101 Å². The molecule has 0 radical (unpaired) electrons. The van der Waals surface area contributed by atoms with Crippen LogP contribution < -0.4 is 29.9 Å². The Labute approximate surface area is 368 Å². The SMILES string of the molecule is Cl.O=C1CCc2cc(OCCCN3CCN(c4cccc5sccc45)CC3)ccc2N1.c1cc(N2CCN(CCCOc3ccc4c(c3)CCCN4)CC2)c2ccsc2c1. The number of amides is 1. The Balaban J connectivity index is 0.000000164. The molecular formula is C48H57ClN6O3S2. The van der Waals surface area contributed by atoms with Gasteiger partial charge in [-0.2, -0.15) is 0 Å². The Bertz CT molecular complexity index is 2330. The number of ether oxygens (including phenoxy) is 2. The van der Waals surface area contributed by atoms with Crippen LogP contribution in [0.1, 0.15) is 36.8 Å². The van der Waals surface area contributed by atoms with E-state index in [-0.39, 0.29) is 18.3 Å². The van der Waals surface area contributed by atoms with E-state index in [2.05, 4.69) is 114 Å². The molecule has 0 spiro atoms. The van der Waals surface area contributed by atoms with E-state index in [1.165, 1.54) is 54.8 Å². The lowest BCUT2D eigenvalue weighted by molar-refractivity contribution is -0.116. The molecule has 9 nitrogen and oxygen atoms in total. The van der Waals surface area contributed by atoms with Crippen LogP contribution in [0.5, 0.6) is 11.5 Å². The predicted octanol–water partition coefficient (Wildman–Crippen LogP) is 9.65. The van der Waals surface area contributed by atoms with Crippen LogP contribution >= 0.6 is 35.1 Å². The Morgan fingerprint density at radius 3 is 1.68 bits per heavy atom. The summed E-state index contributed by atoms with van der Waals surface area (Å²) < 4.78 is 14.8. The minimum Gasteiger partial charge on any atom is -0.494 e. The number of halogens is 1. The lowest BCUT2D eigenvalue weighted by Crippen LogP contribution is -2.46. The summed E-state index contributed by atoms with van der Waals surface area (Å²) >= 11 is 3.65. The number of nitrogens with one attached hydrogen (secondary N) is 2. The fourth-order valence-electron chi connectivity index (χ4n) is 8.88. The predicted molar refractivity (Wildman–Crippen MR) is 255 cm³/mol. The summed E-state index contributed by atoms with van der Waals surface area (Å²) in [6.07, 6.45) is 5.82. The van der Waals surface area contributed by atoms with Crippen molar-refractivity contribution < 1.29 is 14.3 Å². The molecule has 1 amide bonds. The van der Waals surface area contributed by atoms with Gasteiger partial charge in [0.05, 0.1) is 13.2 Å². The summed E-state index contributed by atoms with van der Waals surface area (Å²) in [4.78, 5) is 21.6. The van der Waals surface area contributed by atoms with Crippen LogP contribution in [0.15, 0.2) is 95.7 Å². The van der Waals surface area contributed by atoms with Gasteiger partial charge in [0.2, 0.25) is 5.91 Å². The molecule has 6 heterocycles. The van der Waals surface area contributed by atoms with Gasteiger partial charge in [-0.25, -0.2) is 0 Å². The van der Waals surface area contributed by atoms with E-state index < -0.39 is 0 Å². The number of piperazine rings is 2. The third-order valence-corrected chi connectivity index (χ3v) is 13.9. The first kappa shape index (κ1) is 42.2. The van der Waals surface area contributed by atoms with Crippen molar-refractivity contribution in [3.63, 3.8) is 0 Å². The van der Waals surface area contributed by atoms with Crippen molar-refractivity contribution in [1.82, 2.24) is 9.80 Å². The van der Waals surface area contributed by atoms with E-state index in [0.29, 0.717) is 6.42 Å². The quantitative estimate of drug-likeness (QED) is 0.118. The van der Waals surface area contributed by atoms with E-state index >= 15 is 0 Å². The van der Waals surface area contributed by atoms with E-state index in [1.54, 1.807) is 0 Å². The lowest BCUT2D eigenvalue weighted by atomic mass is 10.0. The van der Waals surface area contributed by atoms with Crippen molar-refractivity contribution in [3.8, 4) is 11.5 Å². The largest absolute Gasteiger partial charge is 0.494 e. The normalized spacial score (nSPS) is 16.8. The highest BCUT2D eigenvalue weighted by Crippen LogP contribution is 2.33. The number of nitrogens with zero attached hydrogens (tertiary/aromatic N) is 4. The number of aryl methyl sites for hydroxylation is 2. The molecular weight excluding hydrogens is 808 g/mol. The molecule has 2 saturated heterocycles. The maximum Gasteiger partial charge on any atom is 0.224 e. The molecule has 2 fully saturated rings. The molecule has 0 aliphatic carbocycles. The first-order valence-corrected chi connectivity index (χ1v) is 23.3. The zero-order chi connectivity index (χ0) is 39.8. The number of carbonyl (C=O) groups is 1. The van der Waals surface area contributed by atoms with Crippen molar-refractivity contribution in [2.75, 3.05) is 106 Å². The van der Waals surface area contributed by atoms with Gasteiger partial charge in [0.25, 0.3) is 0 Å². The van der Waals surface area contributed by atoms with Crippen LogP contribution in [0, 0.1) is 0 Å². The standard InChI is InChI=1S/C24H27N3O2S.C24H29N3OS.ClH/c28-24-8-5-18-17-19(6-7-21(18)25-24)29-15-2-10-26-11-13-27(14-12-26)22-3-1-4-23-20(22)9-16-30-23;1-5-23(21-9-17-29-24(21)6-1)27-14-12-26(13-15-27)11-3-16-28-20-7-8-22-19(18-20)4-2-10-25-22;/h1,3-4,6-7,9,16-17H,2,5,8,10-15H2,(H,25,28);1,5-9,17-18,25H,2-4,10-16H2;1H. The zero-order valence-corrected chi connectivity index (χ0v) is 36.9. The Hall–Kier alpha value is -4.52. The first-order valence-electron chi connectivity index (χ1n) is 21.6. The minimum atomic E-state index is 0. The highest BCUT2D eigenvalue weighted by atomic mass is 35.5. The van der Waals surface area contributed by atoms with Crippen LogP contribution in [0.2, 0.25) is 0 Å². The lowest BCUT2D eigenvalue weighted by Gasteiger charge is -2.36. The summed E-state index contributed by atoms with van der Waals surface area (Å²) in [5, 5.41) is 13.5.